The molecule has 4 aromatic carbocycles. The molecular formula is C37H43N3O8S. The number of carbonyl (C=O) groups is 2. The molecular weight excluding hydrogens is 646 g/mol. The maximum absolute atomic E-state index is 14.7. The predicted molar refractivity (Wildman–Crippen MR) is 188 cm³/mol. The van der Waals surface area contributed by atoms with Crippen molar-refractivity contribution in [1.82, 2.24) is 10.2 Å². The smallest absolute Gasteiger partial charge is 0.265 e. The number of aryl methyl sites for hydroxylation is 1. The molecule has 0 heterocycles. The van der Waals surface area contributed by atoms with Crippen molar-refractivity contribution in [2.75, 3.05) is 45.8 Å². The van der Waals surface area contributed by atoms with Crippen LogP contribution in [0.1, 0.15) is 23.6 Å². The van der Waals surface area contributed by atoms with Crippen LogP contribution in [0.5, 0.6) is 23.0 Å². The summed E-state index contributed by atoms with van der Waals surface area (Å²) in [7, 11) is 1.23. The fourth-order valence-electron chi connectivity index (χ4n) is 5.46. The van der Waals surface area contributed by atoms with Crippen LogP contribution in [0.3, 0.4) is 0 Å². The first-order valence-corrected chi connectivity index (χ1v) is 17.1. The average molecular weight is 690 g/mol. The number of likely N-dealkylation sites (N-methyl/N-ethyl adjacent to an activating group) is 1. The van der Waals surface area contributed by atoms with Crippen LogP contribution in [0.15, 0.2) is 95.9 Å². The number of methoxy groups -OCH3 is 4. The first-order valence-electron chi connectivity index (χ1n) is 15.7. The molecule has 49 heavy (non-hydrogen) atoms. The van der Waals surface area contributed by atoms with E-state index in [1.807, 2.05) is 61.5 Å². The summed E-state index contributed by atoms with van der Waals surface area (Å²) in [6.45, 7) is 3.47. The lowest BCUT2D eigenvalue weighted by atomic mass is 10.0. The Morgan fingerprint density at radius 1 is 0.755 bits per heavy atom. The number of hydrogen-bond acceptors (Lipinski definition) is 8. The number of benzene rings is 4. The highest BCUT2D eigenvalue weighted by Gasteiger charge is 2.36. The molecule has 0 aliphatic heterocycles. The minimum Gasteiger partial charge on any atom is -0.497 e. The fraction of sp³-hybridized carbons (Fsp3) is 0.297. The zero-order chi connectivity index (χ0) is 35.6. The van der Waals surface area contributed by atoms with Crippen LogP contribution < -0.4 is 28.6 Å². The van der Waals surface area contributed by atoms with Gasteiger partial charge in [0.2, 0.25) is 11.8 Å². The highest BCUT2D eigenvalue weighted by atomic mass is 32.2. The Hall–Kier alpha value is -5.23. The highest BCUT2D eigenvalue weighted by Crippen LogP contribution is 2.38. The van der Waals surface area contributed by atoms with Gasteiger partial charge in [-0.15, -0.1) is 0 Å². The van der Waals surface area contributed by atoms with Crippen LogP contribution in [-0.2, 0) is 32.6 Å². The van der Waals surface area contributed by atoms with E-state index in [-0.39, 0.29) is 41.0 Å². The van der Waals surface area contributed by atoms with Crippen LogP contribution in [0, 0.1) is 6.92 Å². The molecule has 260 valence electrons. The number of anilines is 1. The number of hydrogen-bond donors (Lipinski definition) is 1. The van der Waals surface area contributed by atoms with Gasteiger partial charge in [0, 0.05) is 31.6 Å². The molecule has 0 saturated carbocycles. The zero-order valence-corrected chi connectivity index (χ0v) is 29.5. The third-order valence-corrected chi connectivity index (χ3v) is 9.69. The van der Waals surface area contributed by atoms with Gasteiger partial charge in [0.1, 0.15) is 24.1 Å². The topological polar surface area (TPSA) is 124 Å². The second-order valence-electron chi connectivity index (χ2n) is 11.2. The van der Waals surface area contributed by atoms with Crippen LogP contribution in [-0.4, -0.2) is 72.7 Å². The molecule has 0 aromatic heterocycles. The van der Waals surface area contributed by atoms with Crippen LogP contribution in [0.4, 0.5) is 5.69 Å². The normalized spacial score (nSPS) is 11.6. The number of nitrogens with one attached hydrogen (secondary N) is 1. The van der Waals surface area contributed by atoms with E-state index >= 15 is 0 Å². The van der Waals surface area contributed by atoms with Gasteiger partial charge < -0.3 is 29.2 Å². The van der Waals surface area contributed by atoms with E-state index in [2.05, 4.69) is 5.32 Å². The summed E-state index contributed by atoms with van der Waals surface area (Å²) < 4.78 is 51.9. The molecule has 1 atom stereocenters. The van der Waals surface area contributed by atoms with E-state index in [4.69, 9.17) is 18.9 Å². The second kappa shape index (κ2) is 16.7. The zero-order valence-electron chi connectivity index (χ0n) is 28.6. The fourth-order valence-corrected chi connectivity index (χ4v) is 6.89. The van der Waals surface area contributed by atoms with E-state index in [0.29, 0.717) is 18.0 Å². The molecule has 4 aromatic rings. The Morgan fingerprint density at radius 2 is 1.43 bits per heavy atom. The van der Waals surface area contributed by atoms with Gasteiger partial charge in [0.05, 0.1) is 39.0 Å². The van der Waals surface area contributed by atoms with Crippen molar-refractivity contribution in [3.8, 4) is 23.0 Å². The van der Waals surface area contributed by atoms with Crippen LogP contribution in [0.2, 0.25) is 0 Å². The van der Waals surface area contributed by atoms with Gasteiger partial charge in [-0.25, -0.2) is 8.42 Å². The van der Waals surface area contributed by atoms with Crippen molar-refractivity contribution < 1.29 is 37.0 Å². The van der Waals surface area contributed by atoms with E-state index < -0.39 is 28.5 Å². The molecule has 0 saturated heterocycles. The third kappa shape index (κ3) is 8.82. The SMILES string of the molecule is CCNC(=O)C(Cc1ccccc1)N(Cc1cccc(C)c1)C(=O)CN(c1cc(OC)ccc1OC)S(=O)(=O)c1ccc(OC)c(OC)c1. The summed E-state index contributed by atoms with van der Waals surface area (Å²) in [5.41, 5.74) is 2.66. The summed E-state index contributed by atoms with van der Waals surface area (Å²) in [6.07, 6.45) is 0.204. The largest absolute Gasteiger partial charge is 0.497 e. The van der Waals surface area contributed by atoms with E-state index in [1.165, 1.54) is 57.6 Å². The van der Waals surface area contributed by atoms with E-state index in [9.17, 15) is 18.0 Å². The quantitative estimate of drug-likeness (QED) is 0.174. The molecule has 11 nitrogen and oxygen atoms in total. The van der Waals surface area contributed by atoms with E-state index in [1.54, 1.807) is 19.1 Å². The summed E-state index contributed by atoms with van der Waals surface area (Å²) in [5.74, 6) is 0.0816. The van der Waals surface area contributed by atoms with Gasteiger partial charge in [-0.2, -0.15) is 0 Å². The summed E-state index contributed by atoms with van der Waals surface area (Å²) >= 11 is 0. The minimum absolute atomic E-state index is 0.0502. The predicted octanol–water partition coefficient (Wildman–Crippen LogP) is 5.00. The van der Waals surface area contributed by atoms with Gasteiger partial charge >= 0.3 is 0 Å². The van der Waals surface area contributed by atoms with Crippen molar-refractivity contribution in [3.63, 3.8) is 0 Å². The highest BCUT2D eigenvalue weighted by molar-refractivity contribution is 7.92. The molecule has 4 rings (SSSR count). The third-order valence-electron chi connectivity index (χ3n) is 7.93. The Morgan fingerprint density at radius 3 is 2.06 bits per heavy atom. The molecule has 1 N–H and O–H groups in total. The van der Waals surface area contributed by atoms with Crippen molar-refractivity contribution in [2.24, 2.45) is 0 Å². The first-order chi connectivity index (χ1) is 23.6. The Labute approximate surface area is 288 Å². The number of carbonyl (C=O) groups excluding carboxylic acids is 2. The number of nitrogens with zero attached hydrogens (tertiary/aromatic N) is 2. The number of sulfonamides is 1. The van der Waals surface area contributed by atoms with Crippen molar-refractivity contribution >= 4 is 27.5 Å². The number of amides is 2. The van der Waals surface area contributed by atoms with Crippen molar-refractivity contribution in [1.29, 1.82) is 0 Å². The monoisotopic (exact) mass is 689 g/mol. The Bertz CT molecular complexity index is 1850. The van der Waals surface area contributed by atoms with Crippen molar-refractivity contribution in [3.05, 3.63) is 108 Å². The summed E-state index contributed by atoms with van der Waals surface area (Å²) in [5, 5.41) is 2.87. The number of rotatable bonds is 16. The standard InChI is InChI=1S/C37H43N3O8S/c1-7-38-37(42)32(21-27-13-9-8-10-14-27)39(24-28-15-11-12-26(2)20-28)36(41)25-40(31-22-29(45-3)16-18-33(31)46-4)49(43,44)30-17-19-34(47-5)35(23-30)48-6/h8-20,22-23,32H,7,21,24-25H2,1-6H3,(H,38,42). The molecule has 0 aliphatic rings. The summed E-state index contributed by atoms with van der Waals surface area (Å²) in [4.78, 5) is 29.8. The molecule has 2 amide bonds. The van der Waals surface area contributed by atoms with Gasteiger partial charge in [0.15, 0.2) is 11.5 Å². The van der Waals surface area contributed by atoms with Crippen molar-refractivity contribution in [2.45, 2.75) is 37.8 Å². The maximum atomic E-state index is 14.7. The second-order valence-corrected chi connectivity index (χ2v) is 13.0. The minimum atomic E-state index is -4.48. The van der Waals surface area contributed by atoms with Crippen LogP contribution >= 0.6 is 0 Å². The van der Waals surface area contributed by atoms with Crippen LogP contribution in [0.25, 0.3) is 0 Å². The molecule has 1 unspecified atom stereocenters. The van der Waals surface area contributed by atoms with Gasteiger partial charge in [-0.05, 0) is 49.2 Å². The molecule has 0 bridgehead atoms. The lowest BCUT2D eigenvalue weighted by molar-refractivity contribution is -0.140. The lowest BCUT2D eigenvalue weighted by Gasteiger charge is -2.34. The summed E-state index contributed by atoms with van der Waals surface area (Å²) in [6, 6.07) is 24.9. The average Bonchev–Trinajstić information content (AvgIpc) is 3.11. The lowest BCUT2D eigenvalue weighted by Crippen LogP contribution is -2.53. The molecule has 12 heteroatoms. The maximum Gasteiger partial charge on any atom is 0.265 e. The number of ether oxygens (including phenoxy) is 4. The first kappa shape index (κ1) is 36.6. The Kier molecular flexibility index (Phi) is 12.5. The van der Waals surface area contributed by atoms with Gasteiger partial charge in [0.25, 0.3) is 10.0 Å². The molecule has 0 radical (unpaired) electrons. The molecule has 0 fully saturated rings. The van der Waals surface area contributed by atoms with Gasteiger partial charge in [-0.1, -0.05) is 60.2 Å². The Balaban J connectivity index is 1.89. The molecule has 0 aliphatic carbocycles. The van der Waals surface area contributed by atoms with Gasteiger partial charge in [-0.3, -0.25) is 13.9 Å². The van der Waals surface area contributed by atoms with E-state index in [0.717, 1.165) is 21.0 Å². The molecule has 0 spiro atoms.